The van der Waals surface area contributed by atoms with Gasteiger partial charge in [0.05, 0.1) is 16.2 Å². The van der Waals surface area contributed by atoms with Gasteiger partial charge in [-0.15, -0.1) is 5.10 Å². The summed E-state index contributed by atoms with van der Waals surface area (Å²) in [5, 5.41) is 16.6. The van der Waals surface area contributed by atoms with Crippen molar-refractivity contribution in [3.63, 3.8) is 0 Å². The van der Waals surface area contributed by atoms with Gasteiger partial charge in [0.2, 0.25) is 5.95 Å². The summed E-state index contributed by atoms with van der Waals surface area (Å²) in [4.78, 5) is 21.8. The molecule has 1 aliphatic heterocycles. The van der Waals surface area contributed by atoms with Crippen molar-refractivity contribution >= 4 is 27.8 Å². The monoisotopic (exact) mass is 618 g/mol. The molecule has 1 saturated heterocycles. The van der Waals surface area contributed by atoms with Crippen LogP contribution in [0.15, 0.2) is 65.5 Å². The van der Waals surface area contributed by atoms with Crippen LogP contribution in [0.1, 0.15) is 18.4 Å². The molecule has 1 N–H and O–H groups in total. The van der Waals surface area contributed by atoms with Crippen LogP contribution in [0.5, 0.6) is 17.2 Å². The molecule has 0 atom stereocenters. The van der Waals surface area contributed by atoms with Crippen molar-refractivity contribution in [2.75, 3.05) is 18.0 Å². The first kappa shape index (κ1) is 27.4. The number of alkyl halides is 3. The summed E-state index contributed by atoms with van der Waals surface area (Å²) in [6, 6.07) is 9.66. The first-order valence-electron chi connectivity index (χ1n) is 12.1. The van der Waals surface area contributed by atoms with Crippen molar-refractivity contribution < 1.29 is 32.5 Å². The molecule has 0 saturated carbocycles. The highest BCUT2D eigenvalue weighted by Crippen LogP contribution is 2.35. The molecule has 2 aromatic carbocycles. The van der Waals surface area contributed by atoms with Crippen LogP contribution in [-0.4, -0.2) is 55.2 Å². The van der Waals surface area contributed by atoms with E-state index in [9.17, 15) is 18.0 Å². The Hall–Kier alpha value is -4.20. The Labute approximate surface area is 234 Å². The molecule has 1 fully saturated rings. The minimum atomic E-state index is -4.40. The van der Waals surface area contributed by atoms with Gasteiger partial charge in [0, 0.05) is 43.9 Å². The van der Waals surface area contributed by atoms with Crippen LogP contribution in [0.2, 0.25) is 0 Å². The quantitative estimate of drug-likeness (QED) is 0.275. The molecule has 208 valence electrons. The number of carboxylic acids is 1. The van der Waals surface area contributed by atoms with Gasteiger partial charge in [-0.2, -0.15) is 13.2 Å². The third-order valence-electron chi connectivity index (χ3n) is 6.11. The largest absolute Gasteiger partial charge is 0.489 e. The number of carboxylic acid groups (broad SMARTS) is 1. The van der Waals surface area contributed by atoms with Crippen molar-refractivity contribution in [1.29, 1.82) is 0 Å². The van der Waals surface area contributed by atoms with Crippen LogP contribution in [-0.2, 0) is 17.5 Å². The zero-order valence-electron chi connectivity index (χ0n) is 20.8. The highest BCUT2D eigenvalue weighted by Gasteiger charge is 2.30. The number of piperidine rings is 1. The molecule has 0 radical (unpaired) electrons. The number of halogens is 4. The third kappa shape index (κ3) is 6.68. The molecule has 2 aromatic heterocycles. The van der Waals surface area contributed by atoms with Gasteiger partial charge >= 0.3 is 12.1 Å². The maximum Gasteiger partial charge on any atom is 0.416 e. The fourth-order valence-electron chi connectivity index (χ4n) is 4.11. The average molecular weight is 619 g/mol. The number of benzene rings is 2. The topological polar surface area (TPSA) is 115 Å². The SMILES string of the molecule is O=C(O)Cn1cc(-c2cnc(N3CCC(Oc4ccc(Oc5ccc(C(F)(F)F)cc5)cc4Br)CC3)nc2)nn1. The van der Waals surface area contributed by atoms with E-state index in [4.69, 9.17) is 14.6 Å². The molecule has 4 aromatic rings. The van der Waals surface area contributed by atoms with Gasteiger partial charge in [-0.3, -0.25) is 4.79 Å². The molecule has 0 bridgehead atoms. The number of hydrogen-bond acceptors (Lipinski definition) is 8. The summed E-state index contributed by atoms with van der Waals surface area (Å²) < 4.78 is 52.0. The van der Waals surface area contributed by atoms with Crippen molar-refractivity contribution in [3.05, 3.63) is 71.1 Å². The number of carbonyl (C=O) groups is 1. The third-order valence-corrected chi connectivity index (χ3v) is 6.73. The van der Waals surface area contributed by atoms with Crippen LogP contribution in [0.3, 0.4) is 0 Å². The van der Waals surface area contributed by atoms with Gasteiger partial charge in [-0.1, -0.05) is 5.21 Å². The molecule has 40 heavy (non-hydrogen) atoms. The van der Waals surface area contributed by atoms with Crippen LogP contribution < -0.4 is 14.4 Å². The van der Waals surface area contributed by atoms with Gasteiger partial charge in [0.15, 0.2) is 0 Å². The van der Waals surface area contributed by atoms with Crippen molar-refractivity contribution in [1.82, 2.24) is 25.0 Å². The maximum atomic E-state index is 12.8. The minimum absolute atomic E-state index is 0.0298. The number of hydrogen-bond donors (Lipinski definition) is 1. The average Bonchev–Trinajstić information content (AvgIpc) is 3.38. The molecule has 3 heterocycles. The predicted octanol–water partition coefficient (Wildman–Crippen LogP) is 5.44. The van der Waals surface area contributed by atoms with Crippen LogP contribution in [0.4, 0.5) is 19.1 Å². The molecule has 10 nitrogen and oxygen atoms in total. The molecule has 0 aliphatic carbocycles. The van der Waals surface area contributed by atoms with E-state index < -0.39 is 17.7 Å². The Balaban J connectivity index is 1.13. The second kappa shape index (κ2) is 11.5. The lowest BCUT2D eigenvalue weighted by Gasteiger charge is -2.32. The van der Waals surface area contributed by atoms with E-state index in [1.807, 2.05) is 0 Å². The van der Waals surface area contributed by atoms with Gasteiger partial charge < -0.3 is 19.5 Å². The predicted molar refractivity (Wildman–Crippen MR) is 140 cm³/mol. The summed E-state index contributed by atoms with van der Waals surface area (Å²) >= 11 is 3.49. The molecule has 0 amide bonds. The van der Waals surface area contributed by atoms with Crippen LogP contribution in [0, 0.1) is 0 Å². The van der Waals surface area contributed by atoms with Crippen molar-refractivity contribution in [3.8, 4) is 28.5 Å². The summed E-state index contributed by atoms with van der Waals surface area (Å²) in [5.74, 6) is 0.950. The van der Waals surface area contributed by atoms with E-state index in [2.05, 4.69) is 41.1 Å². The number of nitrogens with zero attached hydrogens (tertiary/aromatic N) is 6. The lowest BCUT2D eigenvalue weighted by atomic mass is 10.1. The smallest absolute Gasteiger partial charge is 0.416 e. The van der Waals surface area contributed by atoms with E-state index in [0.717, 1.165) is 25.0 Å². The van der Waals surface area contributed by atoms with E-state index in [0.29, 0.717) is 52.0 Å². The van der Waals surface area contributed by atoms with E-state index >= 15 is 0 Å². The molecule has 1 aliphatic rings. The van der Waals surface area contributed by atoms with E-state index in [1.165, 1.54) is 23.0 Å². The molecule has 14 heteroatoms. The zero-order valence-corrected chi connectivity index (χ0v) is 22.3. The highest BCUT2D eigenvalue weighted by atomic mass is 79.9. The maximum absolute atomic E-state index is 12.8. The van der Waals surface area contributed by atoms with Gasteiger partial charge in [0.25, 0.3) is 0 Å². The van der Waals surface area contributed by atoms with E-state index in [1.54, 1.807) is 30.6 Å². The first-order chi connectivity index (χ1) is 19.1. The molecular formula is C26H22BrF3N6O4. The summed E-state index contributed by atoms with van der Waals surface area (Å²) in [5.41, 5.74) is 0.384. The summed E-state index contributed by atoms with van der Waals surface area (Å²) in [6.07, 6.45) is 1.84. The Morgan fingerprint density at radius 1 is 1.05 bits per heavy atom. The van der Waals surface area contributed by atoms with Gasteiger partial charge in [-0.05, 0) is 58.4 Å². The zero-order chi connectivity index (χ0) is 28.3. The molecule has 0 spiro atoms. The van der Waals surface area contributed by atoms with Gasteiger partial charge in [-0.25, -0.2) is 14.6 Å². The Morgan fingerprint density at radius 3 is 2.35 bits per heavy atom. The lowest BCUT2D eigenvalue weighted by molar-refractivity contribution is -0.138. The molecule has 0 unspecified atom stereocenters. The normalized spacial score (nSPS) is 14.2. The number of anilines is 1. The summed E-state index contributed by atoms with van der Waals surface area (Å²) in [7, 11) is 0. The van der Waals surface area contributed by atoms with Crippen molar-refractivity contribution in [2.24, 2.45) is 0 Å². The van der Waals surface area contributed by atoms with Crippen molar-refractivity contribution in [2.45, 2.75) is 31.7 Å². The lowest BCUT2D eigenvalue weighted by Crippen LogP contribution is -2.39. The second-order valence-corrected chi connectivity index (χ2v) is 9.84. The Kier molecular flexibility index (Phi) is 7.87. The number of aromatic nitrogens is 5. The molecule has 5 rings (SSSR count). The van der Waals surface area contributed by atoms with Crippen LogP contribution in [0.25, 0.3) is 11.3 Å². The number of aliphatic carboxylic acids is 1. The standard InChI is InChI=1S/C26H22BrF3N6O4/c27-21-11-20(39-18-3-1-17(2-4-18)26(28,29)30)5-6-23(21)40-19-7-9-35(10-8-19)25-31-12-16(13-32-25)22-14-36(34-33-22)15-24(37)38/h1-6,11-14,19H,7-10,15H2,(H,37,38). The second-order valence-electron chi connectivity index (χ2n) is 8.99. The van der Waals surface area contributed by atoms with Crippen LogP contribution >= 0.6 is 15.9 Å². The summed E-state index contributed by atoms with van der Waals surface area (Å²) in [6.45, 7) is 1.09. The minimum Gasteiger partial charge on any atom is -0.489 e. The van der Waals surface area contributed by atoms with Gasteiger partial charge in [0.1, 0.15) is 35.6 Å². The fourth-order valence-corrected chi connectivity index (χ4v) is 4.56. The highest BCUT2D eigenvalue weighted by molar-refractivity contribution is 9.10. The Bertz CT molecular complexity index is 1470. The Morgan fingerprint density at radius 2 is 1.73 bits per heavy atom. The number of rotatable bonds is 8. The van der Waals surface area contributed by atoms with E-state index in [-0.39, 0.29) is 12.6 Å². The fraction of sp³-hybridized carbons (Fsp3) is 0.269. The first-order valence-corrected chi connectivity index (χ1v) is 12.9. The molecular weight excluding hydrogens is 597 g/mol. The number of ether oxygens (including phenoxy) is 2.